The summed E-state index contributed by atoms with van der Waals surface area (Å²) in [4.78, 5) is 8.11. The van der Waals surface area contributed by atoms with Crippen molar-refractivity contribution in [1.29, 1.82) is 0 Å². The number of benzene rings is 1. The predicted octanol–water partition coefficient (Wildman–Crippen LogP) is 7.85. The van der Waals surface area contributed by atoms with Gasteiger partial charge in [0.05, 0.1) is 12.2 Å². The number of hydrogen-bond donors (Lipinski definition) is 1. The van der Waals surface area contributed by atoms with E-state index in [0.29, 0.717) is 5.56 Å². The molecular formula is C24H25F4N3OS. The molecular weight excluding hydrogens is 454 g/mol. The molecule has 4 rings (SSSR count). The van der Waals surface area contributed by atoms with Crippen molar-refractivity contribution in [3.8, 4) is 17.0 Å². The van der Waals surface area contributed by atoms with E-state index >= 15 is 0 Å². The van der Waals surface area contributed by atoms with Crippen molar-refractivity contribution in [2.75, 3.05) is 11.9 Å². The summed E-state index contributed by atoms with van der Waals surface area (Å²) in [5.41, 5.74) is -0.119. The first-order valence-corrected chi connectivity index (χ1v) is 11.9. The molecule has 1 N–H and O–H groups in total. The van der Waals surface area contributed by atoms with Crippen LogP contribution in [0.25, 0.3) is 11.3 Å². The van der Waals surface area contributed by atoms with Crippen LogP contribution in [-0.4, -0.2) is 16.6 Å². The first kappa shape index (κ1) is 23.5. The summed E-state index contributed by atoms with van der Waals surface area (Å²) < 4.78 is 60.8. The average molecular weight is 480 g/mol. The smallest absolute Gasteiger partial charge is 0.420 e. The van der Waals surface area contributed by atoms with Crippen LogP contribution in [0.2, 0.25) is 0 Å². The molecule has 0 bridgehead atoms. The van der Waals surface area contributed by atoms with Crippen LogP contribution in [0.1, 0.15) is 50.5 Å². The van der Waals surface area contributed by atoms with Crippen LogP contribution in [0.5, 0.6) is 5.75 Å². The number of rotatable bonds is 9. The molecule has 1 aromatic carbocycles. The van der Waals surface area contributed by atoms with Crippen molar-refractivity contribution in [2.24, 2.45) is 5.92 Å². The fourth-order valence-corrected chi connectivity index (χ4v) is 4.87. The Balaban J connectivity index is 1.41. The molecule has 0 radical (unpaired) electrons. The van der Waals surface area contributed by atoms with Crippen LogP contribution >= 0.6 is 11.3 Å². The number of nitrogens with one attached hydrogen (secondary N) is 1. The summed E-state index contributed by atoms with van der Waals surface area (Å²) in [5, 5.41) is 2.38. The Hall–Kier alpha value is -2.68. The van der Waals surface area contributed by atoms with Gasteiger partial charge in [-0.3, -0.25) is 4.98 Å². The third-order valence-corrected chi connectivity index (χ3v) is 6.56. The minimum absolute atomic E-state index is 0.101. The second kappa shape index (κ2) is 10.5. The number of halogens is 4. The first-order chi connectivity index (χ1) is 15.9. The van der Waals surface area contributed by atoms with Gasteiger partial charge in [0.25, 0.3) is 0 Å². The average Bonchev–Trinajstić information content (AvgIpc) is 3.44. The Labute approximate surface area is 194 Å². The van der Waals surface area contributed by atoms with Gasteiger partial charge in [-0.2, -0.15) is 17.6 Å². The molecule has 0 amide bonds. The number of aromatic nitrogens is 2. The van der Waals surface area contributed by atoms with Gasteiger partial charge in [-0.1, -0.05) is 43.4 Å². The molecule has 1 saturated carbocycles. The second-order valence-electron chi connectivity index (χ2n) is 8.21. The highest BCUT2D eigenvalue weighted by molar-refractivity contribution is 7.14. The minimum Gasteiger partial charge on any atom is -0.493 e. The van der Waals surface area contributed by atoms with E-state index in [2.05, 4.69) is 15.3 Å². The van der Waals surface area contributed by atoms with E-state index in [9.17, 15) is 17.6 Å². The van der Waals surface area contributed by atoms with E-state index in [1.54, 1.807) is 18.3 Å². The lowest BCUT2D eigenvalue weighted by molar-refractivity contribution is -0.138. The van der Waals surface area contributed by atoms with Gasteiger partial charge in [-0.25, -0.2) is 4.98 Å². The summed E-state index contributed by atoms with van der Waals surface area (Å²) in [5.74, 6) is 0.561. The van der Waals surface area contributed by atoms with Crippen molar-refractivity contribution in [2.45, 2.75) is 51.1 Å². The molecule has 33 heavy (non-hydrogen) atoms. The van der Waals surface area contributed by atoms with Crippen LogP contribution in [0, 0.1) is 11.0 Å². The molecule has 176 valence electrons. The summed E-state index contributed by atoms with van der Waals surface area (Å²) in [7, 11) is 0. The van der Waals surface area contributed by atoms with Crippen LogP contribution in [0.4, 0.5) is 28.4 Å². The lowest BCUT2D eigenvalue weighted by atomic mass is 10.0. The lowest BCUT2D eigenvalue weighted by Crippen LogP contribution is -2.10. The molecule has 9 heteroatoms. The first-order valence-electron chi connectivity index (χ1n) is 11.1. The molecule has 0 unspecified atom stereocenters. The maximum absolute atomic E-state index is 14.3. The lowest BCUT2D eigenvalue weighted by Gasteiger charge is -2.16. The van der Waals surface area contributed by atoms with Gasteiger partial charge in [-0.15, -0.1) is 0 Å². The topological polar surface area (TPSA) is 47.0 Å². The Bertz CT molecular complexity index is 1050. The van der Waals surface area contributed by atoms with Crippen molar-refractivity contribution >= 4 is 22.2 Å². The largest absolute Gasteiger partial charge is 0.493 e. The Morgan fingerprint density at radius 3 is 2.67 bits per heavy atom. The fourth-order valence-electron chi connectivity index (χ4n) is 4.13. The Morgan fingerprint density at radius 2 is 1.94 bits per heavy atom. The molecule has 4 nitrogen and oxygen atoms in total. The van der Waals surface area contributed by atoms with E-state index in [0.717, 1.165) is 42.6 Å². The molecule has 2 aromatic heterocycles. The fraction of sp³-hybridized carbons (Fsp3) is 0.417. The SMILES string of the molecule is Fc1sc(Nc2ccc(OCCCCC3CCCC3)c(C(F)(F)F)c2)nc1-c1cccnc1. The van der Waals surface area contributed by atoms with E-state index < -0.39 is 16.9 Å². The molecule has 0 saturated heterocycles. The minimum atomic E-state index is -4.58. The number of unbranched alkanes of at least 4 members (excludes halogenated alkanes) is 1. The molecule has 1 fully saturated rings. The van der Waals surface area contributed by atoms with Crippen molar-refractivity contribution in [3.63, 3.8) is 0 Å². The van der Waals surface area contributed by atoms with Gasteiger partial charge in [0.2, 0.25) is 5.13 Å². The third kappa shape index (κ3) is 6.22. The highest BCUT2D eigenvalue weighted by Gasteiger charge is 2.35. The van der Waals surface area contributed by atoms with Crippen molar-refractivity contribution in [1.82, 2.24) is 9.97 Å². The van der Waals surface area contributed by atoms with Gasteiger partial charge in [0.1, 0.15) is 11.4 Å². The van der Waals surface area contributed by atoms with Gasteiger partial charge in [0, 0.05) is 23.6 Å². The number of alkyl halides is 3. The molecule has 1 aliphatic carbocycles. The van der Waals surface area contributed by atoms with Crippen LogP contribution in [-0.2, 0) is 6.18 Å². The third-order valence-electron chi connectivity index (χ3n) is 5.80. The number of anilines is 2. The number of nitrogens with zero attached hydrogens (tertiary/aromatic N) is 2. The highest BCUT2D eigenvalue weighted by atomic mass is 32.1. The number of pyridine rings is 1. The zero-order valence-electron chi connectivity index (χ0n) is 18.0. The summed E-state index contributed by atoms with van der Waals surface area (Å²) >= 11 is 0.722. The summed E-state index contributed by atoms with van der Waals surface area (Å²) in [6.07, 6.45) is 6.36. The van der Waals surface area contributed by atoms with Gasteiger partial charge >= 0.3 is 6.18 Å². The Kier molecular flexibility index (Phi) is 7.47. The van der Waals surface area contributed by atoms with Crippen LogP contribution in [0.15, 0.2) is 42.7 Å². The molecule has 2 heterocycles. The quantitative estimate of drug-likeness (QED) is 0.251. The van der Waals surface area contributed by atoms with Crippen molar-refractivity contribution in [3.05, 3.63) is 53.4 Å². The molecule has 0 spiro atoms. The Morgan fingerprint density at radius 1 is 1.12 bits per heavy atom. The standard InChI is InChI=1S/C24H25F4N3OS/c25-22-21(17-9-5-12-29-15-17)31-23(33-22)30-18-10-11-20(19(14-18)24(26,27)28)32-13-4-3-8-16-6-1-2-7-16/h5,9-12,14-16H,1-4,6-8,13H2,(H,30,31). The molecule has 0 aliphatic heterocycles. The zero-order chi connectivity index (χ0) is 23.3. The normalized spacial score (nSPS) is 14.5. The maximum atomic E-state index is 14.3. The molecule has 3 aromatic rings. The second-order valence-corrected chi connectivity index (χ2v) is 9.16. The molecule has 1 aliphatic rings. The van der Waals surface area contributed by atoms with Crippen molar-refractivity contribution < 1.29 is 22.3 Å². The van der Waals surface area contributed by atoms with Gasteiger partial charge in [-0.05, 0) is 49.1 Å². The van der Waals surface area contributed by atoms with E-state index in [4.69, 9.17) is 4.74 Å². The van der Waals surface area contributed by atoms with E-state index in [1.807, 2.05) is 0 Å². The van der Waals surface area contributed by atoms with E-state index in [-0.39, 0.29) is 28.9 Å². The number of hydrogen-bond acceptors (Lipinski definition) is 5. The monoisotopic (exact) mass is 479 g/mol. The molecule has 0 atom stereocenters. The van der Waals surface area contributed by atoms with E-state index in [1.165, 1.54) is 44.0 Å². The summed E-state index contributed by atoms with van der Waals surface area (Å²) in [6, 6.07) is 7.07. The van der Waals surface area contributed by atoms with Gasteiger partial charge in [0.15, 0.2) is 5.13 Å². The predicted molar refractivity (Wildman–Crippen MR) is 121 cm³/mol. The van der Waals surface area contributed by atoms with Gasteiger partial charge < -0.3 is 10.1 Å². The highest BCUT2D eigenvalue weighted by Crippen LogP contribution is 2.39. The maximum Gasteiger partial charge on any atom is 0.420 e. The zero-order valence-corrected chi connectivity index (χ0v) is 18.8. The number of thiazole rings is 1. The summed E-state index contributed by atoms with van der Waals surface area (Å²) in [6.45, 7) is 0.245. The van der Waals surface area contributed by atoms with Crippen LogP contribution in [0.3, 0.4) is 0 Å². The number of ether oxygens (including phenoxy) is 1. The van der Waals surface area contributed by atoms with Crippen LogP contribution < -0.4 is 10.1 Å².